The van der Waals surface area contributed by atoms with Crippen molar-refractivity contribution >= 4 is 23.2 Å². The summed E-state index contributed by atoms with van der Waals surface area (Å²) in [7, 11) is 0. The van der Waals surface area contributed by atoms with Crippen LogP contribution in [0.1, 0.15) is 22.8 Å². The van der Waals surface area contributed by atoms with Crippen LogP contribution in [0.4, 0.5) is 15.8 Å². The van der Waals surface area contributed by atoms with Crippen molar-refractivity contribution in [3.05, 3.63) is 94.2 Å². The molecule has 6 nitrogen and oxygen atoms in total. The molecule has 0 fully saturated rings. The Balaban J connectivity index is 1.81. The SMILES string of the molecule is CC(=O)Nc1cccc(NC(=O)c2cccn(Cc3cccc(F)c3)c2=O)c1. The monoisotopic (exact) mass is 379 g/mol. The Labute approximate surface area is 160 Å². The van der Waals surface area contributed by atoms with Crippen molar-refractivity contribution in [3.8, 4) is 0 Å². The average Bonchev–Trinajstić information content (AvgIpc) is 2.63. The van der Waals surface area contributed by atoms with Crippen molar-refractivity contribution in [2.75, 3.05) is 10.6 Å². The van der Waals surface area contributed by atoms with E-state index in [0.717, 1.165) is 0 Å². The first kappa shape index (κ1) is 19.0. The number of carbonyl (C=O) groups is 2. The number of aromatic nitrogens is 1. The first-order chi connectivity index (χ1) is 13.4. The molecule has 0 aliphatic carbocycles. The predicted octanol–water partition coefficient (Wildman–Crippen LogP) is 3.25. The van der Waals surface area contributed by atoms with Crippen LogP contribution < -0.4 is 16.2 Å². The van der Waals surface area contributed by atoms with Crippen LogP contribution in [-0.2, 0) is 11.3 Å². The third-order valence-corrected chi connectivity index (χ3v) is 3.95. The van der Waals surface area contributed by atoms with E-state index in [1.165, 1.54) is 29.7 Å². The molecule has 3 aromatic rings. The minimum absolute atomic E-state index is 0.0381. The van der Waals surface area contributed by atoms with Gasteiger partial charge in [0.25, 0.3) is 11.5 Å². The van der Waals surface area contributed by atoms with Gasteiger partial charge in [0, 0.05) is 24.5 Å². The molecule has 7 heteroatoms. The van der Waals surface area contributed by atoms with Crippen molar-refractivity contribution in [3.63, 3.8) is 0 Å². The summed E-state index contributed by atoms with van der Waals surface area (Å²) in [5.41, 5.74) is 1.06. The number of amides is 2. The highest BCUT2D eigenvalue weighted by Gasteiger charge is 2.13. The lowest BCUT2D eigenvalue weighted by atomic mass is 10.2. The number of hydrogen-bond acceptors (Lipinski definition) is 3. The van der Waals surface area contributed by atoms with E-state index in [4.69, 9.17) is 0 Å². The highest BCUT2D eigenvalue weighted by Crippen LogP contribution is 2.15. The number of nitrogens with zero attached hydrogens (tertiary/aromatic N) is 1. The Kier molecular flexibility index (Phi) is 5.64. The Morgan fingerprint density at radius 2 is 1.68 bits per heavy atom. The van der Waals surface area contributed by atoms with Gasteiger partial charge in [0.15, 0.2) is 0 Å². The van der Waals surface area contributed by atoms with Crippen molar-refractivity contribution in [2.24, 2.45) is 0 Å². The van der Waals surface area contributed by atoms with E-state index < -0.39 is 17.3 Å². The van der Waals surface area contributed by atoms with Crippen LogP contribution in [0.2, 0.25) is 0 Å². The van der Waals surface area contributed by atoms with Gasteiger partial charge < -0.3 is 15.2 Å². The maximum atomic E-state index is 13.4. The molecule has 3 rings (SSSR count). The molecule has 0 radical (unpaired) electrons. The molecule has 0 aliphatic heterocycles. The van der Waals surface area contributed by atoms with E-state index in [0.29, 0.717) is 16.9 Å². The molecule has 28 heavy (non-hydrogen) atoms. The van der Waals surface area contributed by atoms with Crippen molar-refractivity contribution in [1.29, 1.82) is 0 Å². The van der Waals surface area contributed by atoms with Gasteiger partial charge in [0.05, 0.1) is 6.54 Å². The zero-order valence-electron chi connectivity index (χ0n) is 15.1. The second-order valence-corrected chi connectivity index (χ2v) is 6.20. The summed E-state index contributed by atoms with van der Waals surface area (Å²) in [6, 6.07) is 15.5. The van der Waals surface area contributed by atoms with Gasteiger partial charge in [-0.3, -0.25) is 14.4 Å². The molecule has 0 bridgehead atoms. The highest BCUT2D eigenvalue weighted by atomic mass is 19.1. The maximum Gasteiger partial charge on any atom is 0.263 e. The number of halogens is 1. The van der Waals surface area contributed by atoms with E-state index in [2.05, 4.69) is 10.6 Å². The third-order valence-electron chi connectivity index (χ3n) is 3.95. The Morgan fingerprint density at radius 3 is 2.39 bits per heavy atom. The number of anilines is 2. The fraction of sp³-hybridized carbons (Fsp3) is 0.0952. The number of nitrogens with one attached hydrogen (secondary N) is 2. The fourth-order valence-corrected chi connectivity index (χ4v) is 2.74. The summed E-state index contributed by atoms with van der Waals surface area (Å²) in [5.74, 6) is -1.19. The maximum absolute atomic E-state index is 13.4. The van der Waals surface area contributed by atoms with Gasteiger partial charge in [0.2, 0.25) is 5.91 Å². The van der Waals surface area contributed by atoms with Crippen LogP contribution in [0.5, 0.6) is 0 Å². The molecule has 0 aliphatic rings. The zero-order valence-corrected chi connectivity index (χ0v) is 15.1. The molecular formula is C21H18FN3O3. The van der Waals surface area contributed by atoms with Crippen molar-refractivity contribution < 1.29 is 14.0 Å². The molecule has 1 aromatic heterocycles. The van der Waals surface area contributed by atoms with E-state index >= 15 is 0 Å². The largest absolute Gasteiger partial charge is 0.326 e. The van der Waals surface area contributed by atoms with Gasteiger partial charge in [-0.05, 0) is 48.0 Å². The van der Waals surface area contributed by atoms with Crippen LogP contribution in [-0.4, -0.2) is 16.4 Å². The van der Waals surface area contributed by atoms with Gasteiger partial charge in [-0.1, -0.05) is 18.2 Å². The summed E-state index contributed by atoms with van der Waals surface area (Å²) in [4.78, 5) is 36.4. The molecule has 2 aromatic carbocycles. The number of hydrogen-bond donors (Lipinski definition) is 2. The molecule has 1 heterocycles. The molecule has 142 valence electrons. The van der Waals surface area contributed by atoms with Gasteiger partial charge in [-0.25, -0.2) is 4.39 Å². The summed E-state index contributed by atoms with van der Waals surface area (Å²) in [6.45, 7) is 1.53. The third kappa shape index (κ3) is 4.70. The van der Waals surface area contributed by atoms with Crippen LogP contribution >= 0.6 is 0 Å². The summed E-state index contributed by atoms with van der Waals surface area (Å²) in [6.07, 6.45) is 1.54. The minimum atomic E-state index is -0.571. The predicted molar refractivity (Wildman–Crippen MR) is 105 cm³/mol. The molecule has 2 N–H and O–H groups in total. The lowest BCUT2D eigenvalue weighted by Crippen LogP contribution is -2.29. The first-order valence-corrected chi connectivity index (χ1v) is 8.55. The molecule has 0 saturated heterocycles. The van der Waals surface area contributed by atoms with E-state index in [1.807, 2.05) is 0 Å². The lowest BCUT2D eigenvalue weighted by molar-refractivity contribution is -0.114. The van der Waals surface area contributed by atoms with Crippen LogP contribution in [0.25, 0.3) is 0 Å². The summed E-state index contributed by atoms with van der Waals surface area (Å²) < 4.78 is 14.7. The van der Waals surface area contributed by atoms with Crippen molar-refractivity contribution in [1.82, 2.24) is 4.57 Å². The zero-order chi connectivity index (χ0) is 20.1. The molecule has 0 spiro atoms. The second-order valence-electron chi connectivity index (χ2n) is 6.20. The van der Waals surface area contributed by atoms with Crippen LogP contribution in [0, 0.1) is 5.82 Å². The van der Waals surface area contributed by atoms with E-state index in [-0.39, 0.29) is 18.0 Å². The lowest BCUT2D eigenvalue weighted by Gasteiger charge is -2.10. The smallest absolute Gasteiger partial charge is 0.263 e. The number of rotatable bonds is 5. The second kappa shape index (κ2) is 8.30. The number of benzene rings is 2. The van der Waals surface area contributed by atoms with E-state index in [9.17, 15) is 18.8 Å². The summed E-state index contributed by atoms with van der Waals surface area (Å²) >= 11 is 0. The molecule has 0 unspecified atom stereocenters. The normalized spacial score (nSPS) is 10.4. The van der Waals surface area contributed by atoms with Crippen molar-refractivity contribution in [2.45, 2.75) is 13.5 Å². The van der Waals surface area contributed by atoms with Gasteiger partial charge in [0.1, 0.15) is 11.4 Å². The van der Waals surface area contributed by atoms with Crippen LogP contribution in [0.15, 0.2) is 71.7 Å². The molecule has 0 saturated carbocycles. The van der Waals surface area contributed by atoms with Gasteiger partial charge in [-0.2, -0.15) is 0 Å². The molecular weight excluding hydrogens is 361 g/mol. The standard InChI is InChI=1S/C21H18FN3O3/c1-14(26)23-17-7-3-8-18(12-17)24-20(27)19-9-4-10-25(21(19)28)13-15-5-2-6-16(22)11-15/h2-12H,13H2,1H3,(H,23,26)(H,24,27). The van der Waals surface area contributed by atoms with Crippen LogP contribution in [0.3, 0.4) is 0 Å². The Hall–Kier alpha value is -3.74. The molecule has 2 amide bonds. The van der Waals surface area contributed by atoms with Gasteiger partial charge in [-0.15, -0.1) is 0 Å². The number of carbonyl (C=O) groups excluding carboxylic acids is 2. The Bertz CT molecular complexity index is 1090. The first-order valence-electron chi connectivity index (χ1n) is 8.55. The Morgan fingerprint density at radius 1 is 0.964 bits per heavy atom. The molecule has 0 atom stereocenters. The van der Waals surface area contributed by atoms with Gasteiger partial charge >= 0.3 is 0 Å². The van der Waals surface area contributed by atoms with E-state index in [1.54, 1.807) is 48.7 Å². The topological polar surface area (TPSA) is 80.2 Å². The number of pyridine rings is 1. The summed E-state index contributed by atoms with van der Waals surface area (Å²) in [5, 5.41) is 5.27. The highest BCUT2D eigenvalue weighted by molar-refractivity contribution is 6.04. The fourth-order valence-electron chi connectivity index (χ4n) is 2.74. The quantitative estimate of drug-likeness (QED) is 0.714. The average molecular weight is 379 g/mol. The minimum Gasteiger partial charge on any atom is -0.326 e.